The second kappa shape index (κ2) is 209. The molecule has 0 saturated heterocycles. The molecule has 0 aromatic rings. The van der Waals surface area contributed by atoms with E-state index >= 15 is 0 Å². The van der Waals surface area contributed by atoms with Crippen LogP contribution in [0.15, 0.2) is 0 Å². The van der Waals surface area contributed by atoms with Gasteiger partial charge in [-0.25, -0.2) is 0 Å². The van der Waals surface area contributed by atoms with Crippen molar-refractivity contribution in [2.45, 2.75) is 53.2 Å². The summed E-state index contributed by atoms with van der Waals surface area (Å²) in [5, 5.41) is 0. The van der Waals surface area contributed by atoms with Crippen molar-refractivity contribution in [1.82, 2.24) is 0 Å². The summed E-state index contributed by atoms with van der Waals surface area (Å²) in [7, 11) is 0. The zero-order valence-corrected chi connectivity index (χ0v) is 10.1. The monoisotopic (exact) mass is 200 g/mol. The Balaban J connectivity index is -0.0000000190. The molecule has 0 atom stereocenters. The summed E-state index contributed by atoms with van der Waals surface area (Å²) < 4.78 is 0. The molecule has 0 unspecified atom stereocenters. The van der Waals surface area contributed by atoms with E-state index in [9.17, 15) is 0 Å². The molecule has 0 rings (SSSR count). The van der Waals surface area contributed by atoms with Crippen molar-refractivity contribution in [3.63, 3.8) is 0 Å². The van der Waals surface area contributed by atoms with Gasteiger partial charge in [0.1, 0.15) is 0 Å². The van der Waals surface area contributed by atoms with Crippen LogP contribution >= 0.6 is 0 Å². The van der Waals surface area contributed by atoms with E-state index in [1.54, 1.807) is 0 Å². The summed E-state index contributed by atoms with van der Waals surface area (Å²) in [5.74, 6) is 4.38. The van der Waals surface area contributed by atoms with Crippen LogP contribution in [-0.2, 0) is 0 Å². The van der Waals surface area contributed by atoms with Crippen LogP contribution in [0.3, 0.4) is 0 Å². The van der Waals surface area contributed by atoms with Crippen molar-refractivity contribution >= 4 is 15.0 Å². The van der Waals surface area contributed by atoms with E-state index in [-0.39, 0.29) is 0 Å². The number of hydrogen-bond donors (Lipinski definition) is 0. The van der Waals surface area contributed by atoms with Gasteiger partial charge in [0, 0.05) is 0 Å². The Bertz CT molecular complexity index is 4.53. The molecule has 0 amide bonds. The van der Waals surface area contributed by atoms with Crippen molar-refractivity contribution in [3.8, 4) is 0 Å². The average molecular weight is 199 g/mol. The fraction of sp³-hybridized carbons (Fsp3) is 1.00. The maximum absolute atomic E-state index is 2.19. The van der Waals surface area contributed by atoms with Gasteiger partial charge < -0.3 is 0 Å². The van der Waals surface area contributed by atoms with Crippen molar-refractivity contribution in [1.29, 1.82) is 0 Å². The fourth-order valence-electron chi connectivity index (χ4n) is 0. The predicted octanol–water partition coefficient (Wildman–Crippen LogP) is 3.87. The van der Waals surface area contributed by atoms with Crippen LogP contribution in [0.4, 0.5) is 0 Å². The molecule has 1 heteroatoms. The van der Waals surface area contributed by atoms with Crippen LogP contribution in [0.2, 0.25) is 11.6 Å². The molecular weight excluding hydrogens is 175 g/mol. The first-order valence-electron chi connectivity index (χ1n) is 3.82. The summed E-state index contributed by atoms with van der Waals surface area (Å²) in [6.07, 6.45) is 0. The zero-order valence-electron chi connectivity index (χ0n) is 8.41. The predicted molar refractivity (Wildman–Crippen MR) is 51.5 cm³/mol. The van der Waals surface area contributed by atoms with E-state index in [0.717, 1.165) is 15.0 Å². The van der Waals surface area contributed by atoms with Gasteiger partial charge in [0.2, 0.25) is 0 Å². The van der Waals surface area contributed by atoms with Crippen LogP contribution in [0.5, 0.6) is 0 Å². The summed E-state index contributed by atoms with van der Waals surface area (Å²) in [4.78, 5) is 0. The molecule has 0 N–H and O–H groups in total. The molecule has 0 aliphatic carbocycles. The Kier molecular flexibility index (Phi) is 526. The zero-order chi connectivity index (χ0) is 8.71. The van der Waals surface area contributed by atoms with Gasteiger partial charge in [-0.1, -0.05) is 41.5 Å². The molecular formula is C8H24Se. The Labute approximate surface area is 68.6 Å². The first kappa shape index (κ1) is 22.7. The Morgan fingerprint density at radius 3 is 0.556 bits per heavy atom. The third-order valence-electron chi connectivity index (χ3n) is 0. The van der Waals surface area contributed by atoms with Crippen LogP contribution in [0.25, 0.3) is 0 Å². The van der Waals surface area contributed by atoms with Crippen LogP contribution in [0, 0.1) is 0 Å². The van der Waals surface area contributed by atoms with Gasteiger partial charge >= 0.3 is 26.6 Å². The third-order valence-corrected chi connectivity index (χ3v) is 0. The van der Waals surface area contributed by atoms with Gasteiger partial charge in [-0.2, -0.15) is 0 Å². The molecule has 0 nitrogen and oxygen atoms in total. The van der Waals surface area contributed by atoms with Crippen molar-refractivity contribution < 1.29 is 0 Å². The Morgan fingerprint density at radius 1 is 0.556 bits per heavy atom. The molecule has 0 saturated carbocycles. The van der Waals surface area contributed by atoms with Gasteiger partial charge in [0.05, 0.1) is 0 Å². The minimum absolute atomic E-state index is 0.875. The van der Waals surface area contributed by atoms with E-state index in [4.69, 9.17) is 0 Å². The van der Waals surface area contributed by atoms with E-state index < -0.39 is 0 Å². The molecule has 0 heterocycles. The van der Waals surface area contributed by atoms with Gasteiger partial charge in [0.15, 0.2) is 0 Å². The maximum atomic E-state index is 2.19. The van der Waals surface area contributed by atoms with E-state index in [2.05, 4.69) is 11.6 Å². The quantitative estimate of drug-likeness (QED) is 0.519. The molecule has 0 aromatic heterocycles. The molecule has 0 aliphatic heterocycles. The van der Waals surface area contributed by atoms with Crippen LogP contribution in [0.1, 0.15) is 41.5 Å². The molecule has 0 fully saturated rings. The number of hydrogen-bond acceptors (Lipinski definition) is 0. The second-order valence-corrected chi connectivity index (χ2v) is 2.12. The first-order chi connectivity index (χ1) is 4.41. The SMILES string of the molecule is CC.CC.CC.C[Se]C. The average Bonchev–Trinajstić information content (AvgIpc) is 2.01. The van der Waals surface area contributed by atoms with Crippen molar-refractivity contribution in [2.24, 2.45) is 0 Å². The summed E-state index contributed by atoms with van der Waals surface area (Å²) in [5.41, 5.74) is 0. The Morgan fingerprint density at radius 2 is 0.556 bits per heavy atom. The fourth-order valence-corrected chi connectivity index (χ4v) is 0. The molecule has 0 aliphatic rings. The van der Waals surface area contributed by atoms with Crippen LogP contribution < -0.4 is 0 Å². The molecule has 9 heavy (non-hydrogen) atoms. The molecule has 0 spiro atoms. The molecule has 0 aromatic carbocycles. The standard InChI is InChI=1S/C2H6Se.3C2H6/c1-3-2;3*1-2/h1-2H3;3*1-2H3. The molecule has 62 valence electrons. The molecule has 0 bridgehead atoms. The normalized spacial score (nSPS) is 4.00. The van der Waals surface area contributed by atoms with Crippen molar-refractivity contribution in [3.05, 3.63) is 0 Å². The van der Waals surface area contributed by atoms with Gasteiger partial charge in [0.25, 0.3) is 0 Å². The van der Waals surface area contributed by atoms with E-state index in [0.29, 0.717) is 0 Å². The number of rotatable bonds is 0. The van der Waals surface area contributed by atoms with Gasteiger partial charge in [-0.15, -0.1) is 0 Å². The third kappa shape index (κ3) is 1340. The summed E-state index contributed by atoms with van der Waals surface area (Å²) in [6.45, 7) is 12.0. The van der Waals surface area contributed by atoms with Gasteiger partial charge in [-0.05, 0) is 0 Å². The van der Waals surface area contributed by atoms with E-state index in [1.165, 1.54) is 0 Å². The molecule has 0 radical (unpaired) electrons. The minimum atomic E-state index is 0.875. The summed E-state index contributed by atoms with van der Waals surface area (Å²) >= 11 is 0.875. The van der Waals surface area contributed by atoms with Crippen molar-refractivity contribution in [2.75, 3.05) is 0 Å². The topological polar surface area (TPSA) is 0 Å². The first-order valence-corrected chi connectivity index (χ1v) is 7.24. The van der Waals surface area contributed by atoms with Gasteiger partial charge in [-0.3, -0.25) is 0 Å². The van der Waals surface area contributed by atoms with Crippen LogP contribution in [-0.4, -0.2) is 15.0 Å². The summed E-state index contributed by atoms with van der Waals surface area (Å²) in [6, 6.07) is 0. The Hall–Kier alpha value is 0.519. The second-order valence-electron chi connectivity index (χ2n) is 0.408. The van der Waals surface area contributed by atoms with E-state index in [1.807, 2.05) is 41.5 Å².